The molecule has 0 saturated carbocycles. The molecule has 0 fully saturated rings. The van der Waals surface area contributed by atoms with E-state index in [-0.39, 0.29) is 54.0 Å². The van der Waals surface area contributed by atoms with Gasteiger partial charge in [0.15, 0.2) is 11.4 Å². The van der Waals surface area contributed by atoms with Crippen molar-refractivity contribution in [3.05, 3.63) is 99.7 Å². The number of benzene rings is 2. The number of hydrogen-bond acceptors (Lipinski definition) is 13. The Morgan fingerprint density at radius 3 is 2.32 bits per heavy atom. The van der Waals surface area contributed by atoms with E-state index in [4.69, 9.17) is 25.7 Å². The van der Waals surface area contributed by atoms with Crippen LogP contribution >= 0.6 is 0 Å². The number of fused-ring (bicyclic) bond motifs is 1. The van der Waals surface area contributed by atoms with Crippen molar-refractivity contribution in [2.45, 2.75) is 59.9 Å². The van der Waals surface area contributed by atoms with E-state index in [1.54, 1.807) is 78.2 Å². The van der Waals surface area contributed by atoms with Crippen LogP contribution in [0.1, 0.15) is 64.6 Å². The fourth-order valence-corrected chi connectivity index (χ4v) is 5.88. The second-order valence-corrected chi connectivity index (χ2v) is 14.1. The molecule has 60 heavy (non-hydrogen) atoms. The molecule has 316 valence electrons. The van der Waals surface area contributed by atoms with E-state index in [2.05, 4.69) is 31.1 Å². The van der Waals surface area contributed by atoms with E-state index < -0.39 is 40.0 Å². The van der Waals surface area contributed by atoms with Gasteiger partial charge in [-0.1, -0.05) is 18.2 Å². The Hall–Kier alpha value is -7.71. The minimum atomic E-state index is -0.887. The summed E-state index contributed by atoms with van der Waals surface area (Å²) in [5, 5.41) is 29.2. The predicted molar refractivity (Wildman–Crippen MR) is 221 cm³/mol. The Bertz CT molecular complexity index is 2490. The Kier molecular flexibility index (Phi) is 13.5. The molecular formula is C39H46N12O9. The number of methoxy groups -OCH3 is 1. The number of amides is 4. The van der Waals surface area contributed by atoms with Gasteiger partial charge in [0.1, 0.15) is 29.2 Å². The Morgan fingerprint density at radius 1 is 0.950 bits per heavy atom. The minimum absolute atomic E-state index is 0.00105. The van der Waals surface area contributed by atoms with Crippen LogP contribution in [0.15, 0.2) is 67.0 Å². The van der Waals surface area contributed by atoms with Crippen LogP contribution in [0, 0.1) is 17.0 Å². The number of allylic oxidation sites excluding steroid dienone is 2. The molecule has 0 aliphatic carbocycles. The van der Waals surface area contributed by atoms with Crippen molar-refractivity contribution in [1.82, 2.24) is 29.1 Å². The van der Waals surface area contributed by atoms with Gasteiger partial charge < -0.3 is 35.6 Å². The summed E-state index contributed by atoms with van der Waals surface area (Å²) in [6.07, 6.45) is 9.24. The van der Waals surface area contributed by atoms with Gasteiger partial charge in [0, 0.05) is 43.0 Å². The van der Waals surface area contributed by atoms with Crippen molar-refractivity contribution in [1.29, 1.82) is 0 Å². The van der Waals surface area contributed by atoms with Crippen molar-refractivity contribution in [3.63, 3.8) is 0 Å². The molecule has 5 rings (SSSR count). The average Bonchev–Trinajstić information content (AvgIpc) is 3.89. The first-order valence-corrected chi connectivity index (χ1v) is 18.5. The highest BCUT2D eigenvalue weighted by Gasteiger charge is 2.24. The lowest BCUT2D eigenvalue weighted by Gasteiger charge is -2.19. The van der Waals surface area contributed by atoms with E-state index in [1.807, 2.05) is 6.92 Å². The summed E-state index contributed by atoms with van der Waals surface area (Å²) in [6, 6.07) is 6.98. The van der Waals surface area contributed by atoms with Gasteiger partial charge in [-0.2, -0.15) is 10.2 Å². The van der Waals surface area contributed by atoms with Crippen LogP contribution in [0.2, 0.25) is 0 Å². The molecular weight excluding hydrogens is 781 g/mol. The van der Waals surface area contributed by atoms with Gasteiger partial charge in [-0.25, -0.2) is 9.78 Å². The van der Waals surface area contributed by atoms with Crippen LogP contribution in [0.5, 0.6) is 11.5 Å². The van der Waals surface area contributed by atoms with Crippen molar-refractivity contribution in [2.75, 3.05) is 36.2 Å². The molecule has 0 bridgehead atoms. The van der Waals surface area contributed by atoms with Crippen molar-refractivity contribution in [3.8, 4) is 11.5 Å². The minimum Gasteiger partial charge on any atom is -0.494 e. The zero-order valence-corrected chi connectivity index (χ0v) is 33.8. The maximum atomic E-state index is 13.4. The molecule has 4 amide bonds. The van der Waals surface area contributed by atoms with Crippen LogP contribution in [-0.4, -0.2) is 83.7 Å². The van der Waals surface area contributed by atoms with Gasteiger partial charge in [-0.3, -0.25) is 44.5 Å². The number of carbonyl (C=O) groups excluding carboxylic acids is 4. The number of rotatable bonds is 18. The summed E-state index contributed by atoms with van der Waals surface area (Å²) in [5.74, 6) is -1.63. The SMILES string of the molecule is CCn1nc(C)cc1C(=O)Nc1nc2cc(C(N)=O)cc(OC)c2n1C/C=C/CNc1c(OC/C=C/Cn2cc(NC(=O)OC(C)(C)C)cn2)cc(C(N)=O)cc1[N+](=O)[O-]. The van der Waals surface area contributed by atoms with Crippen LogP contribution in [0.25, 0.3) is 11.0 Å². The van der Waals surface area contributed by atoms with E-state index in [9.17, 15) is 29.3 Å². The van der Waals surface area contributed by atoms with Gasteiger partial charge in [0.2, 0.25) is 17.8 Å². The molecule has 0 atom stereocenters. The van der Waals surface area contributed by atoms with Crippen molar-refractivity contribution >= 4 is 57.9 Å². The van der Waals surface area contributed by atoms with Crippen LogP contribution in [0.3, 0.4) is 0 Å². The Balaban J connectivity index is 1.33. The standard InChI is InChI=1S/C39H46N12O9/c1-7-50-29(16-23(2)47-50)36(54)46-37-45-27-17-24(34(40)52)20-31(58-6)33(27)49(37)14-9-8-12-42-32-28(51(56)57)18-25(35(41)53)19-30(32)59-15-11-10-13-48-22-26(21-43-48)44-38(55)60-39(3,4)5/h8-11,16-22,42H,7,12-15H2,1-6H3,(H2,40,52)(H2,41,53)(H,44,55)(H,45,46,54)/b9-8+,11-10+. The van der Waals surface area contributed by atoms with Gasteiger partial charge in [-0.15, -0.1) is 0 Å². The molecule has 21 nitrogen and oxygen atoms in total. The largest absolute Gasteiger partial charge is 0.494 e. The summed E-state index contributed by atoms with van der Waals surface area (Å²) in [6.45, 7) is 9.77. The molecule has 7 N–H and O–H groups in total. The van der Waals surface area contributed by atoms with E-state index in [0.29, 0.717) is 41.2 Å². The van der Waals surface area contributed by atoms with Crippen molar-refractivity contribution in [2.24, 2.45) is 11.5 Å². The summed E-state index contributed by atoms with van der Waals surface area (Å²) in [5.41, 5.74) is 12.2. The first-order valence-electron chi connectivity index (χ1n) is 18.5. The van der Waals surface area contributed by atoms with E-state index in [0.717, 1.165) is 6.07 Å². The highest BCUT2D eigenvalue weighted by molar-refractivity contribution is 6.04. The highest BCUT2D eigenvalue weighted by atomic mass is 16.6. The Labute approximate surface area is 343 Å². The highest BCUT2D eigenvalue weighted by Crippen LogP contribution is 2.36. The van der Waals surface area contributed by atoms with Crippen molar-refractivity contribution < 1.29 is 38.3 Å². The number of primary amides is 2. The van der Waals surface area contributed by atoms with Gasteiger partial charge >= 0.3 is 6.09 Å². The molecule has 5 aromatic rings. The number of hydrogen-bond donors (Lipinski definition) is 5. The van der Waals surface area contributed by atoms with E-state index >= 15 is 0 Å². The molecule has 3 aromatic heterocycles. The molecule has 0 unspecified atom stereocenters. The number of aromatic nitrogens is 6. The molecule has 0 aliphatic heterocycles. The number of nitro benzene ring substituents is 1. The van der Waals surface area contributed by atoms with E-state index in [1.165, 1.54) is 31.5 Å². The van der Waals surface area contributed by atoms with Crippen LogP contribution in [0.4, 0.5) is 27.8 Å². The molecule has 2 aromatic carbocycles. The first kappa shape index (κ1) is 43.4. The summed E-state index contributed by atoms with van der Waals surface area (Å²) >= 11 is 0. The second kappa shape index (κ2) is 18.7. The molecule has 21 heteroatoms. The Morgan fingerprint density at radius 2 is 1.65 bits per heavy atom. The van der Waals surface area contributed by atoms with Crippen LogP contribution < -0.4 is 36.9 Å². The molecule has 0 radical (unpaired) electrons. The number of ether oxygens (including phenoxy) is 3. The maximum Gasteiger partial charge on any atom is 0.412 e. The number of nitrogens with zero attached hydrogens (tertiary/aromatic N) is 7. The zero-order chi connectivity index (χ0) is 43.7. The molecule has 0 aliphatic rings. The van der Waals surface area contributed by atoms with Crippen LogP contribution in [-0.2, 0) is 24.4 Å². The lowest BCUT2D eigenvalue weighted by molar-refractivity contribution is -0.384. The second-order valence-electron chi connectivity index (χ2n) is 14.1. The topological polar surface area (TPSA) is 281 Å². The average molecular weight is 827 g/mol. The normalized spacial score (nSPS) is 11.6. The molecule has 3 heterocycles. The summed E-state index contributed by atoms with van der Waals surface area (Å²) in [7, 11) is 1.42. The number of carbonyl (C=O) groups is 4. The third-order valence-corrected chi connectivity index (χ3v) is 8.46. The zero-order valence-electron chi connectivity index (χ0n) is 33.8. The fraction of sp³-hybridized carbons (Fsp3) is 0.308. The third kappa shape index (κ3) is 10.8. The number of nitro groups is 1. The smallest absolute Gasteiger partial charge is 0.412 e. The number of aryl methyl sites for hydroxylation is 2. The fourth-order valence-electron chi connectivity index (χ4n) is 5.88. The maximum absolute atomic E-state index is 13.4. The predicted octanol–water partition coefficient (Wildman–Crippen LogP) is 4.78. The number of nitrogens with two attached hydrogens (primary N) is 2. The summed E-state index contributed by atoms with van der Waals surface area (Å²) in [4.78, 5) is 65.8. The number of anilines is 3. The first-order chi connectivity index (χ1) is 28.5. The van der Waals surface area contributed by atoms with Gasteiger partial charge in [0.25, 0.3) is 11.6 Å². The summed E-state index contributed by atoms with van der Waals surface area (Å²) < 4.78 is 21.5. The van der Waals surface area contributed by atoms with Gasteiger partial charge in [-0.05, 0) is 65.0 Å². The lowest BCUT2D eigenvalue weighted by Crippen LogP contribution is -2.27. The molecule has 0 spiro atoms. The van der Waals surface area contributed by atoms with Gasteiger partial charge in [0.05, 0.1) is 41.7 Å². The lowest BCUT2D eigenvalue weighted by atomic mass is 10.1. The molecule has 0 saturated heterocycles. The monoisotopic (exact) mass is 826 g/mol. The third-order valence-electron chi connectivity index (χ3n) is 8.46. The quantitative estimate of drug-likeness (QED) is 0.0453. The number of imidazole rings is 1. The number of nitrogens with one attached hydrogen (secondary N) is 3.